The molecule has 0 saturated heterocycles. The van der Waals surface area contributed by atoms with Gasteiger partial charge in [-0.15, -0.1) is 0 Å². The van der Waals surface area contributed by atoms with Crippen LogP contribution in [0.2, 0.25) is 0 Å². The van der Waals surface area contributed by atoms with Gasteiger partial charge in [-0.25, -0.2) is 0 Å². The second kappa shape index (κ2) is 5.63. The maximum Gasteiger partial charge on any atom is 0.257 e. The molecule has 100 valence electrons. The van der Waals surface area contributed by atoms with E-state index < -0.39 is 5.91 Å². The molecule has 0 saturated carbocycles. The summed E-state index contributed by atoms with van der Waals surface area (Å²) in [6.45, 7) is 0. The number of nitrogen functional groups attached to an aromatic ring is 1. The lowest BCUT2D eigenvalue weighted by molar-refractivity contribution is 0.102. The minimum Gasteiger partial charge on any atom is -0.508 e. The Morgan fingerprint density at radius 2 is 2.05 bits per heavy atom. The van der Waals surface area contributed by atoms with E-state index in [1.165, 1.54) is 18.2 Å². The first-order valence-electron chi connectivity index (χ1n) is 5.61. The van der Waals surface area contributed by atoms with Crippen LogP contribution in [0.3, 0.4) is 0 Å². The maximum atomic E-state index is 12.1. The molecule has 0 radical (unpaired) electrons. The molecule has 0 unspecified atom stereocenters. The van der Waals surface area contributed by atoms with Gasteiger partial charge in [0.2, 0.25) is 0 Å². The van der Waals surface area contributed by atoms with Crippen LogP contribution < -0.4 is 11.1 Å². The predicted molar refractivity (Wildman–Crippen MR) is 79.3 cm³/mol. The van der Waals surface area contributed by atoms with Crippen molar-refractivity contribution < 1.29 is 9.90 Å². The molecule has 0 heterocycles. The molecule has 1 amide bonds. The number of nitriles is 1. The summed E-state index contributed by atoms with van der Waals surface area (Å²) in [5.41, 5.74) is 7.14. The van der Waals surface area contributed by atoms with Gasteiger partial charge >= 0.3 is 0 Å². The average Bonchev–Trinajstić information content (AvgIpc) is 2.43. The Balaban J connectivity index is 2.28. The topological polar surface area (TPSA) is 99.1 Å². The van der Waals surface area contributed by atoms with Crippen molar-refractivity contribution in [3.63, 3.8) is 0 Å². The molecular formula is C14H10BrN3O2. The van der Waals surface area contributed by atoms with Crippen molar-refractivity contribution in [1.82, 2.24) is 0 Å². The summed E-state index contributed by atoms with van der Waals surface area (Å²) in [5, 5.41) is 20.8. The predicted octanol–water partition coefficient (Wildman–Crippen LogP) is 2.86. The molecular weight excluding hydrogens is 322 g/mol. The molecule has 0 fully saturated rings. The molecule has 2 aromatic carbocycles. The Bertz CT molecular complexity index is 723. The van der Waals surface area contributed by atoms with Crippen molar-refractivity contribution in [1.29, 1.82) is 5.26 Å². The molecule has 0 aliphatic heterocycles. The fraction of sp³-hybridized carbons (Fsp3) is 0. The first kappa shape index (κ1) is 13.9. The maximum absolute atomic E-state index is 12.1. The van der Waals surface area contributed by atoms with Crippen LogP contribution in [0.15, 0.2) is 40.9 Å². The van der Waals surface area contributed by atoms with Gasteiger partial charge in [-0.2, -0.15) is 5.26 Å². The zero-order chi connectivity index (χ0) is 14.7. The van der Waals surface area contributed by atoms with Crippen molar-refractivity contribution in [2.45, 2.75) is 0 Å². The zero-order valence-corrected chi connectivity index (χ0v) is 11.8. The van der Waals surface area contributed by atoms with Gasteiger partial charge in [0.1, 0.15) is 5.75 Å². The SMILES string of the molecule is N#Cc1ccc(NC(=O)c2cc(O)ccc2N)c(Br)c1. The van der Waals surface area contributed by atoms with Gasteiger partial charge in [0.25, 0.3) is 5.91 Å². The summed E-state index contributed by atoms with van der Waals surface area (Å²) < 4.78 is 0.587. The van der Waals surface area contributed by atoms with Gasteiger partial charge in [0, 0.05) is 10.2 Å². The number of benzene rings is 2. The Morgan fingerprint density at radius 1 is 1.30 bits per heavy atom. The number of anilines is 2. The molecule has 0 aliphatic carbocycles. The second-order valence-electron chi connectivity index (χ2n) is 4.03. The molecule has 20 heavy (non-hydrogen) atoms. The van der Waals surface area contributed by atoms with Crippen molar-refractivity contribution in [2.24, 2.45) is 0 Å². The van der Waals surface area contributed by atoms with Crippen LogP contribution in [0, 0.1) is 11.3 Å². The van der Waals surface area contributed by atoms with Gasteiger partial charge in [-0.3, -0.25) is 4.79 Å². The lowest BCUT2D eigenvalue weighted by Crippen LogP contribution is -2.14. The largest absolute Gasteiger partial charge is 0.508 e. The number of nitrogens with zero attached hydrogens (tertiary/aromatic N) is 1. The second-order valence-corrected chi connectivity index (χ2v) is 4.89. The third kappa shape index (κ3) is 2.90. The Kier molecular flexibility index (Phi) is 3.91. The van der Waals surface area contributed by atoms with Crippen LogP contribution in [0.5, 0.6) is 5.75 Å². The number of phenolic OH excluding ortho intramolecular Hbond substituents is 1. The lowest BCUT2D eigenvalue weighted by atomic mass is 10.1. The normalized spacial score (nSPS) is 9.80. The minimum absolute atomic E-state index is 0.0387. The van der Waals surface area contributed by atoms with Crippen molar-refractivity contribution >= 4 is 33.2 Å². The number of carbonyl (C=O) groups excluding carboxylic acids is 1. The molecule has 6 heteroatoms. The fourth-order valence-corrected chi connectivity index (χ4v) is 2.09. The zero-order valence-electron chi connectivity index (χ0n) is 10.2. The number of aromatic hydroxyl groups is 1. The standard InChI is InChI=1S/C14H10BrN3O2/c15-11-5-8(7-16)1-4-13(11)18-14(20)10-6-9(19)2-3-12(10)17/h1-6,19H,17H2,(H,18,20). The number of halogens is 1. The molecule has 0 atom stereocenters. The highest BCUT2D eigenvalue weighted by molar-refractivity contribution is 9.10. The van der Waals surface area contributed by atoms with E-state index in [0.717, 1.165) is 0 Å². The molecule has 0 aromatic heterocycles. The van der Waals surface area contributed by atoms with Crippen LogP contribution in [-0.2, 0) is 0 Å². The summed E-state index contributed by atoms with van der Waals surface area (Å²) in [5.74, 6) is -0.480. The highest BCUT2D eigenvalue weighted by Crippen LogP contribution is 2.25. The van der Waals surface area contributed by atoms with Gasteiger partial charge in [0.05, 0.1) is 22.9 Å². The van der Waals surface area contributed by atoms with E-state index in [4.69, 9.17) is 11.0 Å². The number of rotatable bonds is 2. The lowest BCUT2D eigenvalue weighted by Gasteiger charge is -2.09. The molecule has 5 nitrogen and oxygen atoms in total. The third-order valence-corrected chi connectivity index (χ3v) is 3.28. The number of carbonyl (C=O) groups is 1. The Hall–Kier alpha value is -2.52. The van der Waals surface area contributed by atoms with Crippen LogP contribution in [0.1, 0.15) is 15.9 Å². The number of amides is 1. The van der Waals surface area contributed by atoms with Gasteiger partial charge in [-0.05, 0) is 52.3 Å². The monoisotopic (exact) mass is 331 g/mol. The van der Waals surface area contributed by atoms with E-state index in [1.54, 1.807) is 18.2 Å². The number of nitrogens with one attached hydrogen (secondary N) is 1. The molecule has 0 spiro atoms. The molecule has 0 aliphatic rings. The van der Waals surface area contributed by atoms with Gasteiger partial charge in [0.15, 0.2) is 0 Å². The molecule has 0 bridgehead atoms. The summed E-state index contributed by atoms with van der Waals surface area (Å²) in [6.07, 6.45) is 0. The van der Waals surface area contributed by atoms with Crippen LogP contribution >= 0.6 is 15.9 Å². The first-order valence-corrected chi connectivity index (χ1v) is 6.40. The molecule has 2 aromatic rings. The molecule has 4 N–H and O–H groups in total. The van der Waals surface area contributed by atoms with E-state index in [-0.39, 0.29) is 17.0 Å². The number of phenols is 1. The molecule has 2 rings (SSSR count). The van der Waals surface area contributed by atoms with E-state index in [0.29, 0.717) is 15.7 Å². The van der Waals surface area contributed by atoms with Crippen LogP contribution in [-0.4, -0.2) is 11.0 Å². The van der Waals surface area contributed by atoms with E-state index >= 15 is 0 Å². The average molecular weight is 332 g/mol. The van der Waals surface area contributed by atoms with E-state index in [1.807, 2.05) is 6.07 Å². The highest BCUT2D eigenvalue weighted by atomic mass is 79.9. The summed E-state index contributed by atoms with van der Waals surface area (Å²) >= 11 is 3.28. The quantitative estimate of drug-likeness (QED) is 0.582. The third-order valence-electron chi connectivity index (χ3n) is 2.63. The minimum atomic E-state index is -0.441. The smallest absolute Gasteiger partial charge is 0.257 e. The van der Waals surface area contributed by atoms with Crippen LogP contribution in [0.4, 0.5) is 11.4 Å². The van der Waals surface area contributed by atoms with Crippen molar-refractivity contribution in [3.05, 3.63) is 52.0 Å². The van der Waals surface area contributed by atoms with E-state index in [2.05, 4.69) is 21.2 Å². The Morgan fingerprint density at radius 3 is 2.70 bits per heavy atom. The van der Waals surface area contributed by atoms with Gasteiger partial charge < -0.3 is 16.2 Å². The summed E-state index contributed by atoms with van der Waals surface area (Å²) in [6, 6.07) is 11.0. The highest BCUT2D eigenvalue weighted by Gasteiger charge is 2.12. The first-order chi connectivity index (χ1) is 9.51. The fourth-order valence-electron chi connectivity index (χ4n) is 1.62. The number of hydrogen-bond acceptors (Lipinski definition) is 4. The van der Waals surface area contributed by atoms with Crippen LogP contribution in [0.25, 0.3) is 0 Å². The van der Waals surface area contributed by atoms with Crippen molar-refractivity contribution in [3.8, 4) is 11.8 Å². The number of nitrogens with two attached hydrogens (primary N) is 1. The van der Waals surface area contributed by atoms with Gasteiger partial charge in [-0.1, -0.05) is 0 Å². The van der Waals surface area contributed by atoms with E-state index in [9.17, 15) is 9.90 Å². The Labute approximate surface area is 123 Å². The number of hydrogen-bond donors (Lipinski definition) is 3. The summed E-state index contributed by atoms with van der Waals surface area (Å²) in [4.78, 5) is 12.1. The summed E-state index contributed by atoms with van der Waals surface area (Å²) in [7, 11) is 0. The van der Waals surface area contributed by atoms with Crippen molar-refractivity contribution in [2.75, 3.05) is 11.1 Å².